The van der Waals surface area contributed by atoms with Crippen LogP contribution >= 0.6 is 15.9 Å². The van der Waals surface area contributed by atoms with E-state index in [0.717, 1.165) is 10.2 Å². The number of rotatable bonds is 8. The van der Waals surface area contributed by atoms with E-state index in [1.807, 2.05) is 38.1 Å². The second kappa shape index (κ2) is 8.53. The van der Waals surface area contributed by atoms with E-state index in [1.54, 1.807) is 0 Å². The van der Waals surface area contributed by atoms with Gasteiger partial charge in [0.25, 0.3) is 0 Å². The first kappa shape index (κ1) is 16.4. The largest absolute Gasteiger partial charge is 0.491 e. The monoisotopic (exact) mass is 331 g/mol. The van der Waals surface area contributed by atoms with E-state index in [4.69, 9.17) is 9.84 Å². The first-order valence-electron chi connectivity index (χ1n) is 6.43. The van der Waals surface area contributed by atoms with E-state index in [2.05, 4.69) is 21.2 Å². The number of ether oxygens (including phenoxy) is 1. The summed E-state index contributed by atoms with van der Waals surface area (Å²) < 4.78 is 6.47. The molecule has 1 unspecified atom stereocenters. The van der Waals surface area contributed by atoms with Crippen molar-refractivity contribution in [3.8, 4) is 5.75 Å². The molecule has 0 heterocycles. The van der Waals surface area contributed by atoms with Crippen molar-refractivity contribution in [2.45, 2.75) is 26.0 Å². The summed E-state index contributed by atoms with van der Waals surface area (Å²) in [5.41, 5.74) is 0. The lowest BCUT2D eigenvalue weighted by molar-refractivity contribution is 0.0962. The first-order valence-corrected chi connectivity index (χ1v) is 7.23. The van der Waals surface area contributed by atoms with Crippen molar-refractivity contribution in [3.63, 3.8) is 0 Å². The Hall–Kier alpha value is -0.620. The molecule has 0 aliphatic carbocycles. The van der Waals surface area contributed by atoms with E-state index in [-0.39, 0.29) is 19.3 Å². The Morgan fingerprint density at radius 3 is 2.42 bits per heavy atom. The molecule has 1 rings (SSSR count). The fourth-order valence-corrected chi connectivity index (χ4v) is 1.84. The molecule has 0 aliphatic heterocycles. The molecule has 0 aliphatic rings. The third kappa shape index (κ3) is 6.38. The molecule has 0 spiro atoms. The quantitative estimate of drug-likeness (QED) is 0.679. The van der Waals surface area contributed by atoms with Gasteiger partial charge < -0.3 is 20.3 Å². The standard InChI is InChI=1S/C14H22BrNO3/c1-10(2)14(8-17)16-7-12(18)9-19-13-5-3-11(15)4-6-13/h3-6,10,12,14,16-18H,7-9H2,1-2H3/t12?,14-/m1/s1. The SMILES string of the molecule is CC(C)[C@@H](CO)NCC(O)COc1ccc(Br)cc1. The molecule has 1 aromatic rings. The van der Waals surface area contributed by atoms with Crippen LogP contribution in [0, 0.1) is 5.92 Å². The van der Waals surface area contributed by atoms with Crippen molar-refractivity contribution >= 4 is 15.9 Å². The zero-order valence-electron chi connectivity index (χ0n) is 11.3. The number of benzene rings is 1. The van der Waals surface area contributed by atoms with Crippen molar-refractivity contribution in [1.82, 2.24) is 5.32 Å². The van der Waals surface area contributed by atoms with Crippen LogP contribution in [-0.2, 0) is 0 Å². The number of hydrogen-bond donors (Lipinski definition) is 3. The van der Waals surface area contributed by atoms with Crippen LogP contribution in [-0.4, -0.2) is 42.1 Å². The summed E-state index contributed by atoms with van der Waals surface area (Å²) >= 11 is 3.35. The Kier molecular flexibility index (Phi) is 7.38. The Morgan fingerprint density at radius 2 is 1.89 bits per heavy atom. The van der Waals surface area contributed by atoms with Crippen LogP contribution in [0.15, 0.2) is 28.7 Å². The lowest BCUT2D eigenvalue weighted by Crippen LogP contribution is -2.42. The number of nitrogens with one attached hydrogen (secondary N) is 1. The molecule has 0 saturated carbocycles. The third-order valence-electron chi connectivity index (χ3n) is 2.87. The number of halogens is 1. The van der Waals surface area contributed by atoms with Crippen LogP contribution in [0.3, 0.4) is 0 Å². The summed E-state index contributed by atoms with van der Waals surface area (Å²) in [7, 11) is 0. The van der Waals surface area contributed by atoms with Gasteiger partial charge in [-0.2, -0.15) is 0 Å². The van der Waals surface area contributed by atoms with Crippen LogP contribution in [0.2, 0.25) is 0 Å². The highest BCUT2D eigenvalue weighted by Gasteiger charge is 2.13. The van der Waals surface area contributed by atoms with Crippen LogP contribution in [0.4, 0.5) is 0 Å². The Labute approximate surface area is 122 Å². The predicted octanol–water partition coefficient (Wildman–Crippen LogP) is 1.80. The zero-order chi connectivity index (χ0) is 14.3. The van der Waals surface area contributed by atoms with Crippen LogP contribution in [0.5, 0.6) is 5.75 Å². The Bertz CT molecular complexity index is 356. The maximum Gasteiger partial charge on any atom is 0.119 e. The van der Waals surface area contributed by atoms with Gasteiger partial charge in [-0.25, -0.2) is 0 Å². The van der Waals surface area contributed by atoms with Crippen molar-refractivity contribution in [1.29, 1.82) is 0 Å². The average molecular weight is 332 g/mol. The molecule has 0 aromatic heterocycles. The molecular formula is C14H22BrNO3. The van der Waals surface area contributed by atoms with Gasteiger partial charge in [0.1, 0.15) is 18.5 Å². The average Bonchev–Trinajstić information content (AvgIpc) is 2.38. The number of aliphatic hydroxyl groups excluding tert-OH is 2. The Morgan fingerprint density at radius 1 is 1.26 bits per heavy atom. The van der Waals surface area contributed by atoms with E-state index < -0.39 is 6.10 Å². The highest BCUT2D eigenvalue weighted by atomic mass is 79.9. The molecule has 0 amide bonds. The molecule has 5 heteroatoms. The van der Waals surface area contributed by atoms with Gasteiger partial charge in [0, 0.05) is 17.1 Å². The summed E-state index contributed by atoms with van der Waals surface area (Å²) in [6, 6.07) is 7.47. The smallest absolute Gasteiger partial charge is 0.119 e. The third-order valence-corrected chi connectivity index (χ3v) is 3.40. The van der Waals surface area contributed by atoms with Gasteiger partial charge in [0.05, 0.1) is 6.61 Å². The molecule has 3 N–H and O–H groups in total. The van der Waals surface area contributed by atoms with E-state index in [9.17, 15) is 5.11 Å². The van der Waals surface area contributed by atoms with Crippen LogP contribution in [0.1, 0.15) is 13.8 Å². The number of aliphatic hydroxyl groups is 2. The van der Waals surface area contributed by atoms with Crippen LogP contribution in [0.25, 0.3) is 0 Å². The van der Waals surface area contributed by atoms with Crippen molar-refractivity contribution in [2.24, 2.45) is 5.92 Å². The van der Waals surface area contributed by atoms with Gasteiger partial charge in [-0.3, -0.25) is 0 Å². The molecule has 4 nitrogen and oxygen atoms in total. The van der Waals surface area contributed by atoms with E-state index in [0.29, 0.717) is 12.5 Å². The van der Waals surface area contributed by atoms with Gasteiger partial charge >= 0.3 is 0 Å². The predicted molar refractivity (Wildman–Crippen MR) is 79.4 cm³/mol. The summed E-state index contributed by atoms with van der Waals surface area (Å²) in [4.78, 5) is 0. The van der Waals surface area contributed by atoms with Crippen molar-refractivity contribution in [2.75, 3.05) is 19.8 Å². The van der Waals surface area contributed by atoms with Crippen molar-refractivity contribution in [3.05, 3.63) is 28.7 Å². The molecule has 108 valence electrons. The lowest BCUT2D eigenvalue weighted by Gasteiger charge is -2.22. The summed E-state index contributed by atoms with van der Waals surface area (Å²) in [5.74, 6) is 1.05. The molecule has 0 bridgehead atoms. The number of hydrogen-bond acceptors (Lipinski definition) is 4. The molecule has 0 radical (unpaired) electrons. The normalized spacial score (nSPS) is 14.4. The second-order valence-corrected chi connectivity index (χ2v) is 5.78. The van der Waals surface area contributed by atoms with E-state index >= 15 is 0 Å². The minimum atomic E-state index is -0.601. The molecule has 19 heavy (non-hydrogen) atoms. The van der Waals surface area contributed by atoms with Gasteiger partial charge in [0.2, 0.25) is 0 Å². The maximum absolute atomic E-state index is 9.81. The fraction of sp³-hybridized carbons (Fsp3) is 0.571. The van der Waals surface area contributed by atoms with E-state index in [1.165, 1.54) is 0 Å². The molecular weight excluding hydrogens is 310 g/mol. The summed E-state index contributed by atoms with van der Waals surface area (Å²) in [6.07, 6.45) is -0.601. The highest BCUT2D eigenvalue weighted by molar-refractivity contribution is 9.10. The van der Waals surface area contributed by atoms with Gasteiger partial charge in [0.15, 0.2) is 0 Å². The molecule has 0 fully saturated rings. The van der Waals surface area contributed by atoms with Gasteiger partial charge in [-0.05, 0) is 30.2 Å². The Balaban J connectivity index is 2.27. The molecule has 2 atom stereocenters. The molecule has 0 saturated heterocycles. The first-order chi connectivity index (χ1) is 9.02. The highest BCUT2D eigenvalue weighted by Crippen LogP contribution is 2.16. The minimum Gasteiger partial charge on any atom is -0.491 e. The van der Waals surface area contributed by atoms with Gasteiger partial charge in [-0.1, -0.05) is 29.8 Å². The molecule has 1 aromatic carbocycles. The fourth-order valence-electron chi connectivity index (χ4n) is 1.58. The van der Waals surface area contributed by atoms with Crippen molar-refractivity contribution < 1.29 is 14.9 Å². The van der Waals surface area contributed by atoms with Gasteiger partial charge in [-0.15, -0.1) is 0 Å². The topological polar surface area (TPSA) is 61.7 Å². The summed E-state index contributed by atoms with van der Waals surface area (Å²) in [6.45, 7) is 4.75. The van der Waals surface area contributed by atoms with Crippen LogP contribution < -0.4 is 10.1 Å². The minimum absolute atomic E-state index is 0.00216. The lowest BCUT2D eigenvalue weighted by atomic mass is 10.1. The maximum atomic E-state index is 9.81. The second-order valence-electron chi connectivity index (χ2n) is 4.86. The summed E-state index contributed by atoms with van der Waals surface area (Å²) in [5, 5.41) is 22.1. The zero-order valence-corrected chi connectivity index (χ0v) is 12.9.